The van der Waals surface area contributed by atoms with E-state index in [1.165, 1.54) is 4.31 Å². The Hall–Kier alpha value is -3.58. The molecule has 0 saturated carbocycles. The fraction of sp³-hybridized carbons (Fsp3) is 0.321. The molecule has 0 spiro atoms. The van der Waals surface area contributed by atoms with Crippen LogP contribution in [0.3, 0.4) is 0 Å². The van der Waals surface area contributed by atoms with Crippen LogP contribution in [-0.4, -0.2) is 63.1 Å². The highest BCUT2D eigenvalue weighted by Gasteiger charge is 2.32. The molecule has 8 nitrogen and oxygen atoms in total. The molecule has 1 atom stereocenters. The maximum atomic E-state index is 12.7. The average molecular weight is 522 g/mol. The average Bonchev–Trinajstić information content (AvgIpc) is 2.90. The lowest BCUT2D eigenvalue weighted by Crippen LogP contribution is -2.55. The molecule has 194 valence electrons. The van der Waals surface area contributed by atoms with Gasteiger partial charge in [0.25, 0.3) is 10.2 Å². The van der Waals surface area contributed by atoms with Gasteiger partial charge in [-0.15, -0.1) is 0 Å². The summed E-state index contributed by atoms with van der Waals surface area (Å²) in [5, 5.41) is 11.5. The zero-order valence-electron chi connectivity index (χ0n) is 21.1. The van der Waals surface area contributed by atoms with Crippen molar-refractivity contribution in [3.63, 3.8) is 0 Å². The predicted molar refractivity (Wildman–Crippen MR) is 145 cm³/mol. The highest BCUT2D eigenvalue weighted by Crippen LogP contribution is 2.22. The summed E-state index contributed by atoms with van der Waals surface area (Å²) < 4.78 is 34.3. The first kappa shape index (κ1) is 26.5. The second kappa shape index (κ2) is 11.2. The normalized spacial score (nSPS) is 15.3. The second-order valence-electron chi connectivity index (χ2n) is 9.29. The molecule has 0 unspecified atom stereocenters. The van der Waals surface area contributed by atoms with Crippen LogP contribution in [0.25, 0.3) is 10.8 Å². The summed E-state index contributed by atoms with van der Waals surface area (Å²) in [4.78, 5) is 13.5. The van der Waals surface area contributed by atoms with Gasteiger partial charge >= 0.3 is 5.97 Å². The fourth-order valence-corrected chi connectivity index (χ4v) is 5.71. The van der Waals surface area contributed by atoms with Gasteiger partial charge in [-0.05, 0) is 65.2 Å². The Morgan fingerprint density at radius 3 is 2.14 bits per heavy atom. The lowest BCUT2D eigenvalue weighted by molar-refractivity contribution is -0.140. The number of fused-ring (bicyclic) bond motifs is 1. The molecule has 0 aromatic heterocycles. The van der Waals surface area contributed by atoms with Crippen LogP contribution in [0.4, 0.5) is 5.69 Å². The Balaban J connectivity index is 1.37. The maximum Gasteiger partial charge on any atom is 0.322 e. The SMILES string of the molecule is COc1ccc2cc(C#Cc3ccc(N4CCN(S(=O)(=O)N[C@@H](C(=O)O)C(C)C)CC4)cc3)ccc2c1. The van der Waals surface area contributed by atoms with Gasteiger partial charge in [-0.25, -0.2) is 0 Å². The molecule has 9 heteroatoms. The van der Waals surface area contributed by atoms with Crippen molar-refractivity contribution in [2.75, 3.05) is 38.2 Å². The smallest absolute Gasteiger partial charge is 0.322 e. The monoisotopic (exact) mass is 521 g/mol. The van der Waals surface area contributed by atoms with E-state index in [2.05, 4.69) is 27.5 Å². The number of carboxylic acids is 1. The number of piperazine rings is 1. The van der Waals surface area contributed by atoms with Crippen molar-refractivity contribution < 1.29 is 23.1 Å². The number of hydrogen-bond acceptors (Lipinski definition) is 5. The third-order valence-corrected chi connectivity index (χ3v) is 8.01. The van der Waals surface area contributed by atoms with E-state index in [1.807, 2.05) is 54.6 Å². The minimum atomic E-state index is -3.88. The zero-order chi connectivity index (χ0) is 26.6. The molecule has 1 saturated heterocycles. The first-order valence-corrected chi connectivity index (χ1v) is 13.6. The van der Waals surface area contributed by atoms with Crippen LogP contribution in [0.15, 0.2) is 60.7 Å². The lowest BCUT2D eigenvalue weighted by Gasteiger charge is -2.36. The Morgan fingerprint density at radius 2 is 1.51 bits per heavy atom. The van der Waals surface area contributed by atoms with Crippen molar-refractivity contribution in [1.29, 1.82) is 0 Å². The second-order valence-corrected chi connectivity index (χ2v) is 11.0. The number of rotatable bonds is 7. The van der Waals surface area contributed by atoms with Crippen molar-refractivity contribution in [2.45, 2.75) is 19.9 Å². The summed E-state index contributed by atoms with van der Waals surface area (Å²) in [5.41, 5.74) is 2.80. The van der Waals surface area contributed by atoms with Gasteiger partial charge in [0.05, 0.1) is 7.11 Å². The molecule has 37 heavy (non-hydrogen) atoms. The molecule has 1 aliphatic heterocycles. The number of carboxylic acid groups (broad SMARTS) is 1. The molecule has 2 N–H and O–H groups in total. The van der Waals surface area contributed by atoms with Crippen molar-refractivity contribution in [2.24, 2.45) is 5.92 Å². The molecule has 0 radical (unpaired) electrons. The van der Waals surface area contributed by atoms with Crippen LogP contribution in [0.2, 0.25) is 0 Å². The molecule has 0 aliphatic carbocycles. The molecule has 3 aromatic carbocycles. The van der Waals surface area contributed by atoms with Gasteiger partial charge in [-0.3, -0.25) is 4.79 Å². The number of anilines is 1. The molecule has 0 amide bonds. The zero-order valence-corrected chi connectivity index (χ0v) is 22.0. The van der Waals surface area contributed by atoms with Crippen LogP contribution in [0.1, 0.15) is 25.0 Å². The fourth-order valence-electron chi connectivity index (χ4n) is 4.22. The summed E-state index contributed by atoms with van der Waals surface area (Å²) in [5.74, 6) is 5.71. The summed E-state index contributed by atoms with van der Waals surface area (Å²) in [6, 6.07) is 18.8. The Labute approximate surface area is 218 Å². The van der Waals surface area contributed by atoms with E-state index < -0.39 is 22.2 Å². The number of nitrogens with zero attached hydrogens (tertiary/aromatic N) is 2. The number of carbonyl (C=O) groups is 1. The highest BCUT2D eigenvalue weighted by molar-refractivity contribution is 7.87. The highest BCUT2D eigenvalue weighted by atomic mass is 32.2. The van der Waals surface area contributed by atoms with Gasteiger partial charge in [-0.1, -0.05) is 37.8 Å². The number of ether oxygens (including phenoxy) is 1. The lowest BCUT2D eigenvalue weighted by atomic mass is 10.1. The number of benzene rings is 3. The van der Waals surface area contributed by atoms with E-state index in [9.17, 15) is 18.3 Å². The summed E-state index contributed by atoms with van der Waals surface area (Å²) >= 11 is 0. The first-order chi connectivity index (χ1) is 17.7. The molecule has 0 bridgehead atoms. The first-order valence-electron chi connectivity index (χ1n) is 12.1. The standard InChI is InChI=1S/C28H31N3O5S/c1-20(2)27(28(32)33)29-37(34,35)31-16-14-30(15-17-31)25-11-7-21(8-12-25)4-5-22-6-9-24-19-26(36-3)13-10-23(24)18-22/h6-13,18-20,27,29H,14-17H2,1-3H3,(H,32,33)/t27-/m1/s1. The molecule has 4 rings (SSSR count). The van der Waals surface area contributed by atoms with Gasteiger partial charge in [0.2, 0.25) is 0 Å². The van der Waals surface area contributed by atoms with Gasteiger partial charge in [-0.2, -0.15) is 17.4 Å². The third kappa shape index (κ3) is 6.41. The van der Waals surface area contributed by atoms with E-state index in [0.717, 1.165) is 33.3 Å². The maximum absolute atomic E-state index is 12.7. The van der Waals surface area contributed by atoms with Crippen molar-refractivity contribution in [1.82, 2.24) is 9.03 Å². The largest absolute Gasteiger partial charge is 0.497 e. The van der Waals surface area contributed by atoms with E-state index in [-0.39, 0.29) is 19.0 Å². The predicted octanol–water partition coefficient (Wildman–Crippen LogP) is 3.31. The van der Waals surface area contributed by atoms with Crippen LogP contribution in [0, 0.1) is 17.8 Å². The van der Waals surface area contributed by atoms with Gasteiger partial charge in [0.1, 0.15) is 11.8 Å². The summed E-state index contributed by atoms with van der Waals surface area (Å²) in [6.45, 7) is 4.91. The van der Waals surface area contributed by atoms with Crippen LogP contribution in [-0.2, 0) is 15.0 Å². The Bertz CT molecular complexity index is 1430. The number of hydrogen-bond donors (Lipinski definition) is 2. The molecular formula is C28H31N3O5S. The number of nitrogens with one attached hydrogen (secondary N) is 1. The van der Waals surface area contributed by atoms with Crippen LogP contribution < -0.4 is 14.4 Å². The molecule has 1 aliphatic rings. The van der Waals surface area contributed by atoms with Gasteiger partial charge in [0.15, 0.2) is 0 Å². The number of methoxy groups -OCH3 is 1. The molecule has 1 heterocycles. The van der Waals surface area contributed by atoms with E-state index in [0.29, 0.717) is 13.1 Å². The third-order valence-electron chi connectivity index (χ3n) is 6.42. The Morgan fingerprint density at radius 1 is 0.919 bits per heavy atom. The van der Waals surface area contributed by atoms with E-state index >= 15 is 0 Å². The van der Waals surface area contributed by atoms with Gasteiger partial charge < -0.3 is 14.7 Å². The topological polar surface area (TPSA) is 99.2 Å². The Kier molecular flexibility index (Phi) is 8.03. The van der Waals surface area contributed by atoms with E-state index in [1.54, 1.807) is 21.0 Å². The van der Waals surface area contributed by atoms with Crippen LogP contribution in [0.5, 0.6) is 5.75 Å². The molecule has 3 aromatic rings. The van der Waals surface area contributed by atoms with Crippen molar-refractivity contribution in [3.8, 4) is 17.6 Å². The molecule has 1 fully saturated rings. The van der Waals surface area contributed by atoms with Crippen molar-refractivity contribution in [3.05, 3.63) is 71.8 Å². The quantitative estimate of drug-likeness (QED) is 0.463. The van der Waals surface area contributed by atoms with Crippen molar-refractivity contribution >= 4 is 32.6 Å². The van der Waals surface area contributed by atoms with Crippen LogP contribution >= 0.6 is 0 Å². The minimum absolute atomic E-state index is 0.273. The number of aliphatic carboxylic acids is 1. The van der Waals surface area contributed by atoms with E-state index in [4.69, 9.17) is 4.74 Å². The summed E-state index contributed by atoms with van der Waals surface area (Å²) in [6.07, 6.45) is 0. The van der Waals surface area contributed by atoms with Gasteiger partial charge in [0, 0.05) is 43.0 Å². The summed E-state index contributed by atoms with van der Waals surface area (Å²) in [7, 11) is -2.23. The molecular weight excluding hydrogens is 490 g/mol. The minimum Gasteiger partial charge on any atom is -0.497 e.